The summed E-state index contributed by atoms with van der Waals surface area (Å²) in [5.74, 6) is -0.0906. The van der Waals surface area contributed by atoms with Crippen molar-refractivity contribution in [2.45, 2.75) is 50.6 Å². The molecule has 0 unspecified atom stereocenters. The monoisotopic (exact) mass is 282 g/mol. The van der Waals surface area contributed by atoms with Gasteiger partial charge in [-0.05, 0) is 25.7 Å². The standard InChI is InChI=1S/C14H26N4O2/c1-4-13(15,5-2)10-18-8-6-14(7-9-18)11(19)17(3)12(20)16-14/h4-10,15H2,1-3H3,(H,16,20). The van der Waals surface area contributed by atoms with E-state index in [0.29, 0.717) is 12.8 Å². The molecule has 3 amide bonds. The Morgan fingerprint density at radius 2 is 1.80 bits per heavy atom. The number of piperidine rings is 1. The molecule has 0 atom stereocenters. The minimum Gasteiger partial charge on any atom is -0.324 e. The van der Waals surface area contributed by atoms with E-state index < -0.39 is 5.54 Å². The number of likely N-dealkylation sites (N-methyl/N-ethyl adjacent to an activating group) is 1. The van der Waals surface area contributed by atoms with Crippen LogP contribution in [0.4, 0.5) is 4.79 Å². The Morgan fingerprint density at radius 1 is 1.25 bits per heavy atom. The number of nitrogens with zero attached hydrogens (tertiary/aromatic N) is 2. The Kier molecular flexibility index (Phi) is 4.07. The maximum absolute atomic E-state index is 12.2. The SMILES string of the molecule is CCC(N)(CC)CN1CCC2(CC1)NC(=O)N(C)C2=O. The number of hydrogen-bond donors (Lipinski definition) is 2. The number of likely N-dealkylation sites (tertiary alicyclic amines) is 1. The molecule has 0 aromatic heterocycles. The van der Waals surface area contributed by atoms with Crippen molar-refractivity contribution in [3.05, 3.63) is 0 Å². The lowest BCUT2D eigenvalue weighted by molar-refractivity contribution is -0.132. The van der Waals surface area contributed by atoms with Crippen LogP contribution in [0.2, 0.25) is 0 Å². The van der Waals surface area contributed by atoms with Crippen molar-refractivity contribution in [3.63, 3.8) is 0 Å². The van der Waals surface area contributed by atoms with Gasteiger partial charge < -0.3 is 16.0 Å². The first-order valence-electron chi connectivity index (χ1n) is 7.47. The Bertz CT molecular complexity index is 398. The third kappa shape index (κ3) is 2.54. The van der Waals surface area contributed by atoms with E-state index in [-0.39, 0.29) is 17.5 Å². The van der Waals surface area contributed by atoms with Crippen LogP contribution in [0.15, 0.2) is 0 Å². The summed E-state index contributed by atoms with van der Waals surface area (Å²) in [6.07, 6.45) is 3.24. The molecule has 2 aliphatic rings. The minimum atomic E-state index is -0.669. The second-order valence-corrected chi connectivity index (χ2v) is 6.22. The van der Waals surface area contributed by atoms with E-state index >= 15 is 0 Å². The highest BCUT2D eigenvalue weighted by atomic mass is 16.2. The van der Waals surface area contributed by atoms with E-state index in [1.807, 2.05) is 0 Å². The summed E-state index contributed by atoms with van der Waals surface area (Å²) in [4.78, 5) is 27.3. The molecule has 0 saturated carbocycles. The minimum absolute atomic E-state index is 0.0906. The average molecular weight is 282 g/mol. The molecule has 2 aliphatic heterocycles. The third-order valence-electron chi connectivity index (χ3n) is 5.02. The molecule has 0 aromatic carbocycles. The van der Waals surface area contributed by atoms with Crippen LogP contribution in [0.1, 0.15) is 39.5 Å². The van der Waals surface area contributed by atoms with Crippen LogP contribution in [-0.4, -0.2) is 59.5 Å². The van der Waals surface area contributed by atoms with Crippen molar-refractivity contribution in [1.29, 1.82) is 0 Å². The van der Waals surface area contributed by atoms with Crippen LogP contribution in [-0.2, 0) is 4.79 Å². The highest BCUT2D eigenvalue weighted by Gasteiger charge is 2.51. The Balaban J connectivity index is 1.96. The van der Waals surface area contributed by atoms with Gasteiger partial charge in [-0.1, -0.05) is 13.8 Å². The summed E-state index contributed by atoms with van der Waals surface area (Å²) in [6, 6.07) is -0.279. The van der Waals surface area contributed by atoms with Crippen LogP contribution in [0, 0.1) is 0 Å². The van der Waals surface area contributed by atoms with Crippen molar-refractivity contribution >= 4 is 11.9 Å². The summed E-state index contributed by atoms with van der Waals surface area (Å²) < 4.78 is 0. The summed E-state index contributed by atoms with van der Waals surface area (Å²) in [5, 5.41) is 2.86. The topological polar surface area (TPSA) is 78.7 Å². The number of imide groups is 1. The number of nitrogens with one attached hydrogen (secondary N) is 1. The summed E-state index contributed by atoms with van der Waals surface area (Å²) in [7, 11) is 1.54. The molecule has 2 heterocycles. The molecule has 3 N–H and O–H groups in total. The molecule has 6 heteroatoms. The number of nitrogens with two attached hydrogens (primary N) is 1. The first-order valence-corrected chi connectivity index (χ1v) is 7.47. The lowest BCUT2D eigenvalue weighted by Gasteiger charge is -2.41. The fourth-order valence-electron chi connectivity index (χ4n) is 3.11. The zero-order chi connectivity index (χ0) is 15.0. The number of carbonyl (C=O) groups is 2. The molecule has 2 rings (SSSR count). The van der Waals surface area contributed by atoms with Gasteiger partial charge in [0, 0.05) is 32.2 Å². The van der Waals surface area contributed by atoms with E-state index in [1.54, 1.807) is 0 Å². The van der Waals surface area contributed by atoms with Gasteiger partial charge in [-0.3, -0.25) is 9.69 Å². The predicted molar refractivity (Wildman–Crippen MR) is 77.2 cm³/mol. The first kappa shape index (κ1) is 15.3. The summed E-state index contributed by atoms with van der Waals surface area (Å²) in [5.41, 5.74) is 5.54. The number of hydrogen-bond acceptors (Lipinski definition) is 4. The Labute approximate surface area is 120 Å². The van der Waals surface area contributed by atoms with Crippen LogP contribution < -0.4 is 11.1 Å². The number of carbonyl (C=O) groups excluding carboxylic acids is 2. The van der Waals surface area contributed by atoms with Crippen LogP contribution in [0.3, 0.4) is 0 Å². The van der Waals surface area contributed by atoms with Gasteiger partial charge in [-0.15, -0.1) is 0 Å². The molecular formula is C14H26N4O2. The van der Waals surface area contributed by atoms with E-state index in [1.165, 1.54) is 11.9 Å². The average Bonchev–Trinajstić information content (AvgIpc) is 2.66. The van der Waals surface area contributed by atoms with E-state index in [2.05, 4.69) is 24.1 Å². The first-order chi connectivity index (χ1) is 9.36. The van der Waals surface area contributed by atoms with Gasteiger partial charge in [-0.2, -0.15) is 0 Å². The maximum atomic E-state index is 12.2. The van der Waals surface area contributed by atoms with Crippen LogP contribution in [0.5, 0.6) is 0 Å². The lowest BCUT2D eigenvalue weighted by Crippen LogP contribution is -2.58. The molecule has 0 bridgehead atoms. The molecule has 20 heavy (non-hydrogen) atoms. The summed E-state index contributed by atoms with van der Waals surface area (Å²) in [6.45, 7) is 6.70. The van der Waals surface area contributed by atoms with Crippen molar-refractivity contribution in [1.82, 2.24) is 15.1 Å². The molecule has 2 fully saturated rings. The molecule has 1 spiro atoms. The van der Waals surface area contributed by atoms with Crippen molar-refractivity contribution in [2.24, 2.45) is 5.73 Å². The van der Waals surface area contributed by atoms with Gasteiger partial charge in [0.1, 0.15) is 5.54 Å². The van der Waals surface area contributed by atoms with Crippen molar-refractivity contribution in [2.75, 3.05) is 26.7 Å². The van der Waals surface area contributed by atoms with Crippen LogP contribution >= 0.6 is 0 Å². The number of amides is 3. The third-order valence-corrected chi connectivity index (χ3v) is 5.02. The maximum Gasteiger partial charge on any atom is 0.324 e. The fourth-order valence-corrected chi connectivity index (χ4v) is 3.11. The van der Waals surface area contributed by atoms with Gasteiger partial charge in [0.2, 0.25) is 0 Å². The number of rotatable bonds is 4. The van der Waals surface area contributed by atoms with Gasteiger partial charge in [0.25, 0.3) is 5.91 Å². The van der Waals surface area contributed by atoms with Gasteiger partial charge in [0.05, 0.1) is 0 Å². The predicted octanol–water partition coefficient (Wildman–Crippen LogP) is 0.520. The smallest absolute Gasteiger partial charge is 0.324 e. The normalized spacial score (nSPS) is 23.5. The van der Waals surface area contributed by atoms with Crippen molar-refractivity contribution < 1.29 is 9.59 Å². The Hall–Kier alpha value is -1.14. The largest absolute Gasteiger partial charge is 0.324 e. The van der Waals surface area contributed by atoms with Gasteiger partial charge in [0.15, 0.2) is 0 Å². The molecular weight excluding hydrogens is 256 g/mol. The lowest BCUT2D eigenvalue weighted by atomic mass is 9.86. The number of urea groups is 1. The molecule has 6 nitrogen and oxygen atoms in total. The quantitative estimate of drug-likeness (QED) is 0.737. The highest BCUT2D eigenvalue weighted by molar-refractivity contribution is 6.06. The molecule has 2 saturated heterocycles. The summed E-state index contributed by atoms with van der Waals surface area (Å²) >= 11 is 0. The molecule has 0 aliphatic carbocycles. The fraction of sp³-hybridized carbons (Fsp3) is 0.857. The van der Waals surface area contributed by atoms with Crippen molar-refractivity contribution in [3.8, 4) is 0 Å². The second kappa shape index (κ2) is 5.33. The molecule has 0 aromatic rings. The van der Waals surface area contributed by atoms with E-state index in [0.717, 1.165) is 32.5 Å². The second-order valence-electron chi connectivity index (χ2n) is 6.22. The van der Waals surface area contributed by atoms with E-state index in [4.69, 9.17) is 5.73 Å². The van der Waals surface area contributed by atoms with E-state index in [9.17, 15) is 9.59 Å². The zero-order valence-corrected chi connectivity index (χ0v) is 12.7. The molecule has 114 valence electrons. The van der Waals surface area contributed by atoms with Gasteiger partial charge in [-0.25, -0.2) is 4.79 Å². The Morgan fingerprint density at radius 3 is 2.20 bits per heavy atom. The zero-order valence-electron chi connectivity index (χ0n) is 12.7. The van der Waals surface area contributed by atoms with Gasteiger partial charge >= 0.3 is 6.03 Å². The van der Waals surface area contributed by atoms with Crippen LogP contribution in [0.25, 0.3) is 0 Å². The molecule has 0 radical (unpaired) electrons. The highest BCUT2D eigenvalue weighted by Crippen LogP contribution is 2.29.